The molecule has 0 N–H and O–H groups in total. The maximum Gasteiger partial charge on any atom is 0.410 e. The number of piperazine rings is 1. The SMILES string of the molecule is COc1cccc(F)c1-c1nc2c(cc1F)c(N1CCN(C(=O)OC(C)(C)C)CC1C)nc(=O)n2-c1c(C)ccnc1C(C)C. The molecule has 1 atom stereocenters. The molecule has 1 unspecified atom stereocenters. The quantitative estimate of drug-likeness (QED) is 0.268. The van der Waals surface area contributed by atoms with E-state index in [1.165, 1.54) is 35.9 Å². The van der Waals surface area contributed by atoms with Gasteiger partial charge in [0.05, 0.1) is 29.4 Å². The van der Waals surface area contributed by atoms with Gasteiger partial charge in [0.15, 0.2) is 11.5 Å². The molecule has 1 aliphatic heterocycles. The highest BCUT2D eigenvalue weighted by Crippen LogP contribution is 2.37. The van der Waals surface area contributed by atoms with Gasteiger partial charge < -0.3 is 19.3 Å². The molecule has 10 nitrogen and oxygen atoms in total. The van der Waals surface area contributed by atoms with Crippen LogP contribution >= 0.6 is 0 Å². The first kappa shape index (κ1) is 31.8. The molecule has 12 heteroatoms. The van der Waals surface area contributed by atoms with Crippen LogP contribution in [0.25, 0.3) is 28.0 Å². The second-order valence-electron chi connectivity index (χ2n) is 12.5. The number of anilines is 1. The smallest absolute Gasteiger partial charge is 0.410 e. The zero-order valence-corrected chi connectivity index (χ0v) is 26.8. The van der Waals surface area contributed by atoms with Crippen molar-refractivity contribution >= 4 is 22.9 Å². The van der Waals surface area contributed by atoms with Gasteiger partial charge >= 0.3 is 11.8 Å². The zero-order valence-electron chi connectivity index (χ0n) is 26.8. The molecule has 0 bridgehead atoms. The monoisotopic (exact) mass is 620 g/mol. The van der Waals surface area contributed by atoms with Gasteiger partial charge in [-0.25, -0.2) is 27.9 Å². The Morgan fingerprint density at radius 1 is 1.09 bits per heavy atom. The average Bonchev–Trinajstić information content (AvgIpc) is 2.96. The number of pyridine rings is 2. The normalized spacial score (nSPS) is 15.6. The van der Waals surface area contributed by atoms with Crippen molar-refractivity contribution in [2.75, 3.05) is 31.6 Å². The summed E-state index contributed by atoms with van der Waals surface area (Å²) in [5, 5.41) is 0.252. The summed E-state index contributed by atoms with van der Waals surface area (Å²) in [4.78, 5) is 44.0. The molecule has 1 saturated heterocycles. The second-order valence-corrected chi connectivity index (χ2v) is 12.5. The second kappa shape index (κ2) is 12.1. The van der Waals surface area contributed by atoms with Gasteiger partial charge in [0.25, 0.3) is 0 Å². The number of ether oxygens (including phenoxy) is 2. The Labute approximate surface area is 260 Å². The van der Waals surface area contributed by atoms with Gasteiger partial charge in [0, 0.05) is 31.9 Å². The summed E-state index contributed by atoms with van der Waals surface area (Å²) in [6, 6.07) is 6.87. The van der Waals surface area contributed by atoms with Gasteiger partial charge in [-0.05, 0) is 70.4 Å². The van der Waals surface area contributed by atoms with Gasteiger partial charge in [0.2, 0.25) is 0 Å². The maximum atomic E-state index is 16.1. The predicted molar refractivity (Wildman–Crippen MR) is 168 cm³/mol. The number of nitrogens with zero attached hydrogens (tertiary/aromatic N) is 6. The van der Waals surface area contributed by atoms with Gasteiger partial charge in [-0.1, -0.05) is 19.9 Å². The number of rotatable bonds is 5. The maximum absolute atomic E-state index is 16.1. The number of halogens is 2. The van der Waals surface area contributed by atoms with E-state index in [2.05, 4.69) is 15.0 Å². The molecule has 238 valence electrons. The molecule has 0 aliphatic carbocycles. The first-order valence-electron chi connectivity index (χ1n) is 14.9. The van der Waals surface area contributed by atoms with Crippen molar-refractivity contribution in [1.82, 2.24) is 24.4 Å². The molecule has 0 spiro atoms. The Morgan fingerprint density at radius 3 is 2.47 bits per heavy atom. The average molecular weight is 621 g/mol. The van der Waals surface area contributed by atoms with E-state index in [1.807, 2.05) is 32.6 Å². The Morgan fingerprint density at radius 2 is 1.82 bits per heavy atom. The topological polar surface area (TPSA) is 103 Å². The van der Waals surface area contributed by atoms with E-state index in [0.717, 1.165) is 5.56 Å². The van der Waals surface area contributed by atoms with Gasteiger partial charge in [-0.15, -0.1) is 0 Å². The van der Waals surface area contributed by atoms with Crippen LogP contribution in [0.2, 0.25) is 0 Å². The summed E-state index contributed by atoms with van der Waals surface area (Å²) in [5.41, 5.74) is 0.164. The first-order chi connectivity index (χ1) is 21.2. The third-order valence-electron chi connectivity index (χ3n) is 7.71. The van der Waals surface area contributed by atoms with Crippen molar-refractivity contribution in [1.29, 1.82) is 0 Å². The van der Waals surface area contributed by atoms with Crippen LogP contribution in [0.5, 0.6) is 5.75 Å². The summed E-state index contributed by atoms with van der Waals surface area (Å²) in [7, 11) is 1.36. The number of fused-ring (bicyclic) bond motifs is 1. The Balaban J connectivity index is 1.75. The highest BCUT2D eigenvalue weighted by Gasteiger charge is 2.33. The highest BCUT2D eigenvalue weighted by molar-refractivity contribution is 5.91. The van der Waals surface area contributed by atoms with Crippen LogP contribution in [0.1, 0.15) is 58.7 Å². The van der Waals surface area contributed by atoms with Gasteiger partial charge in [0.1, 0.15) is 28.7 Å². The summed E-state index contributed by atoms with van der Waals surface area (Å²) in [6.45, 7) is 13.9. The number of amides is 1. The lowest BCUT2D eigenvalue weighted by molar-refractivity contribution is 0.0218. The van der Waals surface area contributed by atoms with E-state index >= 15 is 8.78 Å². The zero-order chi connectivity index (χ0) is 32.8. The van der Waals surface area contributed by atoms with Crippen molar-refractivity contribution in [2.45, 2.75) is 66.0 Å². The first-order valence-corrected chi connectivity index (χ1v) is 14.9. The molecule has 1 aromatic carbocycles. The van der Waals surface area contributed by atoms with Gasteiger partial charge in [-0.2, -0.15) is 4.98 Å². The number of aromatic nitrogens is 4. The lowest BCUT2D eigenvalue weighted by Crippen LogP contribution is -2.55. The van der Waals surface area contributed by atoms with Crippen LogP contribution < -0.4 is 15.3 Å². The standard InChI is InChI=1S/C33H38F2N6O4/c1-18(2)26-28(19(3)12-13-36-26)41-30-21(16-23(35)27(37-30)25-22(34)10-9-11-24(25)44-8)29(38-31(41)42)40-15-14-39(17-20(40)4)32(43)45-33(5,6)7/h9-13,16,18,20H,14-15,17H2,1-8H3. The van der Waals surface area contributed by atoms with Crippen LogP contribution in [0, 0.1) is 18.6 Å². The molecular weight excluding hydrogens is 582 g/mol. The van der Waals surface area contributed by atoms with E-state index < -0.39 is 29.0 Å². The molecule has 5 rings (SSSR count). The largest absolute Gasteiger partial charge is 0.496 e. The highest BCUT2D eigenvalue weighted by atomic mass is 19.1. The molecule has 45 heavy (non-hydrogen) atoms. The minimum Gasteiger partial charge on any atom is -0.496 e. The molecule has 1 amide bonds. The Bertz CT molecular complexity index is 1840. The third-order valence-corrected chi connectivity index (χ3v) is 7.71. The number of benzene rings is 1. The number of methoxy groups -OCH3 is 1. The van der Waals surface area contributed by atoms with Crippen molar-refractivity contribution in [2.24, 2.45) is 0 Å². The minimum atomic E-state index is -0.814. The van der Waals surface area contributed by atoms with E-state index in [9.17, 15) is 9.59 Å². The van der Waals surface area contributed by atoms with Crippen molar-refractivity contribution in [3.8, 4) is 22.7 Å². The number of hydrogen-bond acceptors (Lipinski definition) is 8. The van der Waals surface area contributed by atoms with Crippen LogP contribution in [0.4, 0.5) is 19.4 Å². The third kappa shape index (κ3) is 6.05. The van der Waals surface area contributed by atoms with E-state index in [1.54, 1.807) is 37.9 Å². The van der Waals surface area contributed by atoms with Gasteiger partial charge in [-0.3, -0.25) is 4.98 Å². The molecule has 1 fully saturated rings. The van der Waals surface area contributed by atoms with Crippen LogP contribution in [0.3, 0.4) is 0 Å². The predicted octanol–water partition coefficient (Wildman–Crippen LogP) is 6.01. The molecule has 3 aromatic heterocycles. The Hall–Kier alpha value is -4.61. The lowest BCUT2D eigenvalue weighted by Gasteiger charge is -2.41. The molecule has 0 radical (unpaired) electrons. The fourth-order valence-corrected chi connectivity index (χ4v) is 5.66. The number of carbonyl (C=O) groups is 1. The Kier molecular flexibility index (Phi) is 8.52. The van der Waals surface area contributed by atoms with Crippen molar-refractivity contribution < 1.29 is 23.0 Å². The molecule has 4 heterocycles. The van der Waals surface area contributed by atoms with E-state index in [-0.39, 0.29) is 45.8 Å². The summed E-state index contributed by atoms with van der Waals surface area (Å²) in [6.07, 6.45) is 1.23. The van der Waals surface area contributed by atoms with E-state index in [4.69, 9.17) is 9.47 Å². The minimum absolute atomic E-state index is 0.0749. The van der Waals surface area contributed by atoms with Crippen molar-refractivity contribution in [3.63, 3.8) is 0 Å². The van der Waals surface area contributed by atoms with Crippen LogP contribution in [0.15, 0.2) is 41.3 Å². The van der Waals surface area contributed by atoms with E-state index in [0.29, 0.717) is 31.0 Å². The molecular formula is C33H38F2N6O4. The van der Waals surface area contributed by atoms with Crippen molar-refractivity contribution in [3.05, 3.63) is 69.9 Å². The molecule has 1 aliphatic rings. The summed E-state index contributed by atoms with van der Waals surface area (Å²) in [5.74, 6) is -1.30. The van der Waals surface area contributed by atoms with Crippen LogP contribution in [-0.2, 0) is 4.74 Å². The lowest BCUT2D eigenvalue weighted by atomic mass is 10.0. The fraction of sp³-hybridized carbons (Fsp3) is 0.424. The molecule has 0 saturated carbocycles. The van der Waals surface area contributed by atoms with Crippen LogP contribution in [-0.4, -0.2) is 68.9 Å². The molecule has 4 aromatic rings. The summed E-state index contributed by atoms with van der Waals surface area (Å²) < 4.78 is 43.6. The summed E-state index contributed by atoms with van der Waals surface area (Å²) >= 11 is 0. The number of aryl methyl sites for hydroxylation is 1. The number of carbonyl (C=O) groups excluding carboxylic acids is 1. The number of hydrogen-bond donors (Lipinski definition) is 0. The fourth-order valence-electron chi connectivity index (χ4n) is 5.66.